The van der Waals surface area contributed by atoms with E-state index in [-0.39, 0.29) is 18.5 Å². The van der Waals surface area contributed by atoms with Crippen molar-refractivity contribution in [3.63, 3.8) is 0 Å². The minimum Gasteiger partial charge on any atom is -0.395 e. The van der Waals surface area contributed by atoms with Gasteiger partial charge in [-0.2, -0.15) is 0 Å². The van der Waals surface area contributed by atoms with Gasteiger partial charge in [0.2, 0.25) is 0 Å². The molecule has 88 valence electrons. The average molecular weight is 223 g/mol. The molecule has 0 heterocycles. The Kier molecular flexibility index (Phi) is 3.56. The zero-order chi connectivity index (χ0) is 11.5. The first-order chi connectivity index (χ1) is 7.69. The Morgan fingerprint density at radius 2 is 2.00 bits per heavy atom. The van der Waals surface area contributed by atoms with Crippen molar-refractivity contribution in [1.29, 1.82) is 0 Å². The molecule has 1 aromatic rings. The van der Waals surface area contributed by atoms with Gasteiger partial charge in [-0.3, -0.25) is 0 Å². The van der Waals surface area contributed by atoms with Crippen molar-refractivity contribution < 1.29 is 9.50 Å². The molecule has 0 aromatic heterocycles. The summed E-state index contributed by atoms with van der Waals surface area (Å²) in [6.45, 7) is 2.16. The molecular weight excluding hydrogens is 205 g/mol. The van der Waals surface area contributed by atoms with Crippen LogP contribution in [0.15, 0.2) is 24.3 Å². The maximum absolute atomic E-state index is 12.7. The monoisotopic (exact) mass is 223 g/mol. The van der Waals surface area contributed by atoms with E-state index in [2.05, 4.69) is 5.32 Å². The van der Waals surface area contributed by atoms with Crippen molar-refractivity contribution in [1.82, 2.24) is 5.32 Å². The first-order valence-electron chi connectivity index (χ1n) is 5.81. The Morgan fingerprint density at radius 3 is 2.56 bits per heavy atom. The normalized spacial score (nSPS) is 26.2. The number of halogens is 1. The number of aliphatic hydroxyl groups excluding tert-OH is 1. The fraction of sp³-hybridized carbons (Fsp3) is 0.538. The van der Waals surface area contributed by atoms with E-state index in [9.17, 15) is 4.39 Å². The van der Waals surface area contributed by atoms with Gasteiger partial charge in [0.15, 0.2) is 0 Å². The number of nitrogens with one attached hydrogen (secondary N) is 1. The minimum atomic E-state index is -0.174. The molecule has 1 saturated carbocycles. The average Bonchev–Trinajstić information content (AvgIpc) is 2.24. The summed E-state index contributed by atoms with van der Waals surface area (Å²) in [7, 11) is 0. The van der Waals surface area contributed by atoms with E-state index in [0.29, 0.717) is 12.0 Å². The van der Waals surface area contributed by atoms with Crippen LogP contribution in [-0.2, 0) is 0 Å². The van der Waals surface area contributed by atoms with Crippen LogP contribution in [0.3, 0.4) is 0 Å². The summed E-state index contributed by atoms with van der Waals surface area (Å²) in [6.07, 6.45) is 2.16. The van der Waals surface area contributed by atoms with Gasteiger partial charge in [0.1, 0.15) is 5.82 Å². The molecule has 0 radical (unpaired) electrons. The summed E-state index contributed by atoms with van der Waals surface area (Å²) in [5.41, 5.74) is 1.22. The molecule has 1 aromatic carbocycles. The molecule has 1 aliphatic rings. The standard InChI is InChI=1S/C13H18FNO/c1-9(8-16)15-13-6-11(7-13)10-2-4-12(14)5-3-10/h2-5,9,11,13,15-16H,6-8H2,1H3/t9-,11?,13?/m1/s1. The lowest BCUT2D eigenvalue weighted by Gasteiger charge is -2.37. The maximum Gasteiger partial charge on any atom is 0.123 e. The Hall–Kier alpha value is -0.930. The molecule has 2 N–H and O–H groups in total. The largest absolute Gasteiger partial charge is 0.395 e. The molecule has 0 amide bonds. The van der Waals surface area contributed by atoms with E-state index in [0.717, 1.165) is 12.8 Å². The smallest absolute Gasteiger partial charge is 0.123 e. The summed E-state index contributed by atoms with van der Waals surface area (Å²) >= 11 is 0. The second-order valence-electron chi connectivity index (χ2n) is 4.67. The minimum absolute atomic E-state index is 0.166. The van der Waals surface area contributed by atoms with Crippen molar-refractivity contribution in [3.05, 3.63) is 35.6 Å². The highest BCUT2D eigenvalue weighted by atomic mass is 19.1. The van der Waals surface area contributed by atoms with Crippen LogP contribution in [0.5, 0.6) is 0 Å². The molecule has 2 rings (SSSR count). The van der Waals surface area contributed by atoms with Crippen LogP contribution >= 0.6 is 0 Å². The Morgan fingerprint density at radius 1 is 1.38 bits per heavy atom. The van der Waals surface area contributed by atoms with Crippen molar-refractivity contribution in [2.75, 3.05) is 6.61 Å². The quantitative estimate of drug-likeness (QED) is 0.818. The third-order valence-electron chi connectivity index (χ3n) is 3.27. The van der Waals surface area contributed by atoms with Crippen LogP contribution in [0.25, 0.3) is 0 Å². The highest BCUT2D eigenvalue weighted by Gasteiger charge is 2.30. The van der Waals surface area contributed by atoms with Gasteiger partial charge in [0.05, 0.1) is 6.61 Å². The second-order valence-corrected chi connectivity index (χ2v) is 4.67. The predicted octanol–water partition coefficient (Wildman–Crippen LogP) is 2.04. The van der Waals surface area contributed by atoms with Gasteiger partial charge in [0, 0.05) is 12.1 Å². The molecule has 3 heteroatoms. The Balaban J connectivity index is 1.82. The van der Waals surface area contributed by atoms with E-state index in [1.807, 2.05) is 19.1 Å². The molecule has 0 saturated heterocycles. The van der Waals surface area contributed by atoms with Crippen LogP contribution in [0.4, 0.5) is 4.39 Å². The SMILES string of the molecule is C[C@H](CO)NC1CC(c2ccc(F)cc2)C1. The molecule has 16 heavy (non-hydrogen) atoms. The summed E-state index contributed by atoms with van der Waals surface area (Å²) < 4.78 is 12.7. The lowest BCUT2D eigenvalue weighted by molar-refractivity contribution is 0.204. The van der Waals surface area contributed by atoms with Gasteiger partial charge in [-0.15, -0.1) is 0 Å². The first-order valence-corrected chi connectivity index (χ1v) is 5.81. The molecule has 0 spiro atoms. The first kappa shape index (κ1) is 11.6. The van der Waals surface area contributed by atoms with Gasteiger partial charge in [-0.05, 0) is 43.4 Å². The fourth-order valence-corrected chi connectivity index (χ4v) is 2.22. The third kappa shape index (κ3) is 2.60. The van der Waals surface area contributed by atoms with Crippen LogP contribution in [0.1, 0.15) is 31.2 Å². The summed E-state index contributed by atoms with van der Waals surface area (Å²) in [6, 6.07) is 7.44. The zero-order valence-electron chi connectivity index (χ0n) is 9.49. The highest BCUT2D eigenvalue weighted by Crippen LogP contribution is 2.36. The predicted molar refractivity (Wildman–Crippen MR) is 61.8 cm³/mol. The molecule has 2 nitrogen and oxygen atoms in total. The molecule has 0 bridgehead atoms. The van der Waals surface area contributed by atoms with Crippen molar-refractivity contribution in [2.45, 2.75) is 37.8 Å². The Bertz CT molecular complexity index is 332. The number of aliphatic hydroxyl groups is 1. The van der Waals surface area contributed by atoms with Crippen molar-refractivity contribution >= 4 is 0 Å². The van der Waals surface area contributed by atoms with Gasteiger partial charge >= 0.3 is 0 Å². The van der Waals surface area contributed by atoms with E-state index < -0.39 is 0 Å². The summed E-state index contributed by atoms with van der Waals surface area (Å²) in [4.78, 5) is 0. The number of hydrogen-bond donors (Lipinski definition) is 2. The van der Waals surface area contributed by atoms with Crippen LogP contribution in [0, 0.1) is 5.82 Å². The molecular formula is C13H18FNO. The lowest BCUT2D eigenvalue weighted by atomic mass is 9.75. The van der Waals surface area contributed by atoms with Crippen LogP contribution < -0.4 is 5.32 Å². The second kappa shape index (κ2) is 4.93. The molecule has 1 atom stereocenters. The van der Waals surface area contributed by atoms with Crippen LogP contribution in [-0.4, -0.2) is 23.8 Å². The third-order valence-corrected chi connectivity index (χ3v) is 3.27. The van der Waals surface area contributed by atoms with Gasteiger partial charge in [0.25, 0.3) is 0 Å². The molecule has 0 aliphatic heterocycles. The molecule has 0 unspecified atom stereocenters. The number of hydrogen-bond acceptors (Lipinski definition) is 2. The molecule has 1 aliphatic carbocycles. The Labute approximate surface area is 95.5 Å². The topological polar surface area (TPSA) is 32.3 Å². The zero-order valence-corrected chi connectivity index (χ0v) is 9.49. The van der Waals surface area contributed by atoms with Crippen molar-refractivity contribution in [3.8, 4) is 0 Å². The highest BCUT2D eigenvalue weighted by molar-refractivity contribution is 5.23. The molecule has 1 fully saturated rings. The fourth-order valence-electron chi connectivity index (χ4n) is 2.22. The number of rotatable bonds is 4. The number of benzene rings is 1. The van der Waals surface area contributed by atoms with Crippen LogP contribution in [0.2, 0.25) is 0 Å². The van der Waals surface area contributed by atoms with Crippen molar-refractivity contribution in [2.24, 2.45) is 0 Å². The van der Waals surface area contributed by atoms with E-state index in [4.69, 9.17) is 5.11 Å². The van der Waals surface area contributed by atoms with E-state index in [1.165, 1.54) is 17.7 Å². The van der Waals surface area contributed by atoms with Gasteiger partial charge in [-0.25, -0.2) is 4.39 Å². The summed E-state index contributed by atoms with van der Waals surface area (Å²) in [5, 5.41) is 12.3. The summed E-state index contributed by atoms with van der Waals surface area (Å²) in [5.74, 6) is 0.371. The van der Waals surface area contributed by atoms with E-state index >= 15 is 0 Å². The lowest BCUT2D eigenvalue weighted by Crippen LogP contribution is -2.45. The maximum atomic E-state index is 12.7. The van der Waals surface area contributed by atoms with Gasteiger partial charge in [-0.1, -0.05) is 12.1 Å². The van der Waals surface area contributed by atoms with Gasteiger partial charge < -0.3 is 10.4 Å². The van der Waals surface area contributed by atoms with E-state index in [1.54, 1.807) is 0 Å².